The van der Waals surface area contributed by atoms with E-state index < -0.39 is 5.54 Å². The van der Waals surface area contributed by atoms with Gasteiger partial charge in [-0.1, -0.05) is 0 Å². The summed E-state index contributed by atoms with van der Waals surface area (Å²) < 4.78 is 0. The van der Waals surface area contributed by atoms with Crippen LogP contribution in [0.25, 0.3) is 0 Å². The molecule has 15 heavy (non-hydrogen) atoms. The number of nitrogens with one attached hydrogen (secondary N) is 2. The Hall–Kier alpha value is -0.610. The second-order valence-electron chi connectivity index (χ2n) is 5.11. The predicted molar refractivity (Wildman–Crippen MR) is 57.5 cm³/mol. The van der Waals surface area contributed by atoms with Gasteiger partial charge in [0.2, 0.25) is 5.91 Å². The van der Waals surface area contributed by atoms with E-state index in [4.69, 9.17) is 0 Å². The van der Waals surface area contributed by atoms with Crippen LogP contribution in [0.5, 0.6) is 0 Å². The minimum atomic E-state index is -0.419. The molecule has 1 saturated heterocycles. The van der Waals surface area contributed by atoms with E-state index in [1.165, 1.54) is 0 Å². The Morgan fingerprint density at radius 1 is 1.40 bits per heavy atom. The first-order valence-electron chi connectivity index (χ1n) is 5.79. The van der Waals surface area contributed by atoms with Crippen molar-refractivity contribution >= 4 is 5.91 Å². The van der Waals surface area contributed by atoms with Crippen LogP contribution in [0.2, 0.25) is 0 Å². The highest BCUT2D eigenvalue weighted by Crippen LogP contribution is 2.32. The number of carbonyl (C=O) groups is 1. The van der Waals surface area contributed by atoms with Crippen molar-refractivity contribution in [2.75, 3.05) is 13.2 Å². The molecular formula is C11H20N2O2. The Labute approximate surface area is 90.4 Å². The van der Waals surface area contributed by atoms with Crippen LogP contribution in [0.15, 0.2) is 0 Å². The molecule has 0 aromatic heterocycles. The van der Waals surface area contributed by atoms with Crippen LogP contribution in [-0.4, -0.2) is 35.2 Å². The highest BCUT2D eigenvalue weighted by atomic mass is 16.3. The van der Waals surface area contributed by atoms with Gasteiger partial charge in [0, 0.05) is 0 Å². The second kappa shape index (κ2) is 3.76. The number of aliphatic hydroxyl groups excluding tert-OH is 1. The molecule has 0 bridgehead atoms. The molecule has 1 saturated carbocycles. The van der Waals surface area contributed by atoms with Crippen molar-refractivity contribution in [2.45, 2.75) is 50.1 Å². The van der Waals surface area contributed by atoms with E-state index in [0.717, 1.165) is 38.6 Å². The van der Waals surface area contributed by atoms with Gasteiger partial charge in [0.15, 0.2) is 0 Å². The van der Waals surface area contributed by atoms with Gasteiger partial charge < -0.3 is 15.7 Å². The van der Waals surface area contributed by atoms with Crippen molar-refractivity contribution in [3.8, 4) is 0 Å². The number of amides is 1. The van der Waals surface area contributed by atoms with Crippen LogP contribution >= 0.6 is 0 Å². The fraction of sp³-hybridized carbons (Fsp3) is 0.909. The molecule has 0 radical (unpaired) electrons. The van der Waals surface area contributed by atoms with Gasteiger partial charge in [0.25, 0.3) is 0 Å². The lowest BCUT2D eigenvalue weighted by Crippen LogP contribution is -2.62. The zero-order valence-corrected chi connectivity index (χ0v) is 9.31. The first-order chi connectivity index (χ1) is 7.10. The molecular weight excluding hydrogens is 192 g/mol. The molecule has 0 aromatic carbocycles. The van der Waals surface area contributed by atoms with Crippen LogP contribution in [-0.2, 0) is 4.79 Å². The summed E-state index contributed by atoms with van der Waals surface area (Å²) in [6.07, 6.45) is 4.86. The third-order valence-corrected chi connectivity index (χ3v) is 3.86. The smallest absolute Gasteiger partial charge is 0.240 e. The fourth-order valence-electron chi connectivity index (χ4n) is 2.39. The molecule has 1 heterocycles. The Balaban J connectivity index is 1.96. The summed E-state index contributed by atoms with van der Waals surface area (Å²) in [5.41, 5.74) is -0.734. The molecule has 4 nitrogen and oxygen atoms in total. The molecule has 0 aromatic rings. The van der Waals surface area contributed by atoms with Gasteiger partial charge in [-0.05, 0) is 45.6 Å². The number of aliphatic hydroxyl groups is 1. The van der Waals surface area contributed by atoms with Crippen molar-refractivity contribution in [2.24, 2.45) is 0 Å². The van der Waals surface area contributed by atoms with Gasteiger partial charge in [0.05, 0.1) is 17.7 Å². The number of rotatable bonds is 3. The van der Waals surface area contributed by atoms with Crippen molar-refractivity contribution in [1.82, 2.24) is 10.6 Å². The van der Waals surface area contributed by atoms with Crippen molar-refractivity contribution in [1.29, 1.82) is 0 Å². The predicted octanol–water partition coefficient (Wildman–Crippen LogP) is 0.160. The molecule has 3 N–H and O–H groups in total. The maximum atomic E-state index is 12.0. The summed E-state index contributed by atoms with van der Waals surface area (Å²) in [6, 6.07) is 0. The number of hydrogen-bond acceptors (Lipinski definition) is 3. The van der Waals surface area contributed by atoms with Gasteiger partial charge in [-0.15, -0.1) is 0 Å². The van der Waals surface area contributed by atoms with E-state index in [0.29, 0.717) is 0 Å². The van der Waals surface area contributed by atoms with E-state index in [1.54, 1.807) is 0 Å². The molecule has 1 atom stereocenters. The standard InChI is InChI=1S/C11H20N2O2/c1-10(4-3-7-12-10)9(15)13-11(8-14)5-2-6-11/h12,14H,2-8H2,1H3,(H,13,15). The van der Waals surface area contributed by atoms with Crippen LogP contribution < -0.4 is 10.6 Å². The first-order valence-corrected chi connectivity index (χ1v) is 5.79. The summed E-state index contributed by atoms with van der Waals surface area (Å²) in [6.45, 7) is 2.92. The lowest BCUT2D eigenvalue weighted by Gasteiger charge is -2.42. The fourth-order valence-corrected chi connectivity index (χ4v) is 2.39. The third kappa shape index (κ3) is 1.88. The molecule has 2 aliphatic rings. The van der Waals surface area contributed by atoms with E-state index in [9.17, 15) is 9.90 Å². The monoisotopic (exact) mass is 212 g/mol. The molecule has 1 amide bonds. The Bertz CT molecular complexity index is 250. The van der Waals surface area contributed by atoms with Gasteiger partial charge >= 0.3 is 0 Å². The van der Waals surface area contributed by atoms with Gasteiger partial charge in [-0.2, -0.15) is 0 Å². The first kappa shape index (κ1) is 10.9. The lowest BCUT2D eigenvalue weighted by atomic mass is 9.77. The molecule has 1 unspecified atom stereocenters. The zero-order chi connectivity index (χ0) is 10.9. The van der Waals surface area contributed by atoms with Crippen molar-refractivity contribution in [3.05, 3.63) is 0 Å². The minimum Gasteiger partial charge on any atom is -0.394 e. The zero-order valence-electron chi connectivity index (χ0n) is 9.31. The summed E-state index contributed by atoms with van der Waals surface area (Å²) >= 11 is 0. The lowest BCUT2D eigenvalue weighted by molar-refractivity contribution is -0.130. The average Bonchev–Trinajstić information content (AvgIpc) is 2.60. The van der Waals surface area contributed by atoms with Gasteiger partial charge in [0.1, 0.15) is 0 Å². The molecule has 4 heteroatoms. The van der Waals surface area contributed by atoms with Crippen molar-refractivity contribution in [3.63, 3.8) is 0 Å². The van der Waals surface area contributed by atoms with Crippen LogP contribution in [0, 0.1) is 0 Å². The molecule has 1 aliphatic heterocycles. The van der Waals surface area contributed by atoms with E-state index in [2.05, 4.69) is 10.6 Å². The maximum absolute atomic E-state index is 12.0. The summed E-state index contributed by atoms with van der Waals surface area (Å²) in [7, 11) is 0. The molecule has 1 aliphatic carbocycles. The molecule has 0 spiro atoms. The SMILES string of the molecule is CC1(C(=O)NC2(CO)CCC2)CCCN1. The van der Waals surface area contributed by atoms with Crippen LogP contribution in [0.1, 0.15) is 39.0 Å². The highest BCUT2D eigenvalue weighted by molar-refractivity contribution is 5.87. The minimum absolute atomic E-state index is 0.0498. The largest absolute Gasteiger partial charge is 0.394 e. The summed E-state index contributed by atoms with van der Waals surface area (Å²) in [5, 5.41) is 15.5. The van der Waals surface area contributed by atoms with E-state index >= 15 is 0 Å². The second-order valence-corrected chi connectivity index (χ2v) is 5.11. The maximum Gasteiger partial charge on any atom is 0.240 e. The normalized spacial score (nSPS) is 33.5. The van der Waals surface area contributed by atoms with Gasteiger partial charge in [-0.3, -0.25) is 4.79 Å². The summed E-state index contributed by atoms with van der Waals surface area (Å²) in [4.78, 5) is 12.0. The van der Waals surface area contributed by atoms with E-state index in [1.807, 2.05) is 6.92 Å². The van der Waals surface area contributed by atoms with E-state index in [-0.39, 0.29) is 18.1 Å². The van der Waals surface area contributed by atoms with Crippen molar-refractivity contribution < 1.29 is 9.90 Å². The topological polar surface area (TPSA) is 61.4 Å². The quantitative estimate of drug-likeness (QED) is 0.624. The number of hydrogen-bond donors (Lipinski definition) is 3. The third-order valence-electron chi connectivity index (χ3n) is 3.86. The van der Waals surface area contributed by atoms with Gasteiger partial charge in [-0.25, -0.2) is 0 Å². The molecule has 86 valence electrons. The molecule has 2 fully saturated rings. The van der Waals surface area contributed by atoms with Crippen LogP contribution in [0.4, 0.5) is 0 Å². The Morgan fingerprint density at radius 3 is 2.53 bits per heavy atom. The highest BCUT2D eigenvalue weighted by Gasteiger charge is 2.43. The molecule has 2 rings (SSSR count). The Morgan fingerprint density at radius 2 is 2.13 bits per heavy atom. The number of carbonyl (C=O) groups excluding carboxylic acids is 1. The Kier molecular flexibility index (Phi) is 2.73. The van der Waals surface area contributed by atoms with Crippen LogP contribution in [0.3, 0.4) is 0 Å². The average molecular weight is 212 g/mol. The summed E-state index contributed by atoms with van der Waals surface area (Å²) in [5.74, 6) is 0.0498.